The number of rotatable bonds is 4. The van der Waals surface area contributed by atoms with E-state index in [1.807, 2.05) is 57.2 Å². The predicted octanol–water partition coefficient (Wildman–Crippen LogP) is 3.16. The lowest BCUT2D eigenvalue weighted by atomic mass is 10.1. The van der Waals surface area contributed by atoms with Gasteiger partial charge in [-0.25, -0.2) is 4.90 Å². The Kier molecular flexibility index (Phi) is 4.39. The molecular formula is C22H20N6O3. The average molecular weight is 416 g/mol. The molecule has 3 heterocycles. The third-order valence-corrected chi connectivity index (χ3v) is 5.68. The topological polar surface area (TPSA) is 104 Å². The first-order valence-corrected chi connectivity index (χ1v) is 9.94. The monoisotopic (exact) mass is 416 g/mol. The molecule has 2 aliphatic heterocycles. The number of amides is 2. The highest BCUT2D eigenvalue weighted by molar-refractivity contribution is 6.25. The van der Waals surface area contributed by atoms with E-state index in [0.29, 0.717) is 17.4 Å². The fraction of sp³-hybridized carbons (Fsp3) is 0.273. The molecule has 1 fully saturated rings. The molecule has 1 aromatic heterocycles. The summed E-state index contributed by atoms with van der Waals surface area (Å²) in [6.07, 6.45) is 0. The van der Waals surface area contributed by atoms with Crippen LogP contribution in [-0.2, 0) is 16.1 Å². The van der Waals surface area contributed by atoms with E-state index in [0.717, 1.165) is 22.3 Å². The lowest BCUT2D eigenvalue weighted by Gasteiger charge is -2.19. The molecular weight excluding hydrogens is 396 g/mol. The molecule has 31 heavy (non-hydrogen) atoms. The van der Waals surface area contributed by atoms with Crippen molar-refractivity contribution in [2.75, 3.05) is 4.90 Å². The van der Waals surface area contributed by atoms with Crippen LogP contribution in [-0.4, -0.2) is 39.0 Å². The molecule has 0 radical (unpaired) electrons. The van der Waals surface area contributed by atoms with Crippen molar-refractivity contribution in [3.05, 3.63) is 65.0 Å². The van der Waals surface area contributed by atoms with Crippen LogP contribution < -0.4 is 4.90 Å². The van der Waals surface area contributed by atoms with Crippen LogP contribution in [0.4, 0.5) is 5.69 Å². The van der Waals surface area contributed by atoms with Crippen LogP contribution in [0.1, 0.15) is 22.6 Å². The molecule has 156 valence electrons. The number of nitrogens with zero attached hydrogens (tertiary/aromatic N) is 6. The zero-order valence-electron chi connectivity index (χ0n) is 17.3. The second-order valence-electron chi connectivity index (χ2n) is 7.85. The van der Waals surface area contributed by atoms with E-state index in [-0.39, 0.29) is 18.4 Å². The van der Waals surface area contributed by atoms with Gasteiger partial charge in [0.25, 0.3) is 11.8 Å². The first kappa shape index (κ1) is 19.1. The van der Waals surface area contributed by atoms with Crippen molar-refractivity contribution in [1.82, 2.24) is 15.1 Å². The van der Waals surface area contributed by atoms with Gasteiger partial charge >= 0.3 is 0 Å². The highest BCUT2D eigenvalue weighted by Crippen LogP contribution is 2.33. The molecule has 9 heteroatoms. The molecule has 5 rings (SSSR count). The van der Waals surface area contributed by atoms with Crippen LogP contribution in [0.2, 0.25) is 0 Å². The van der Waals surface area contributed by atoms with Crippen molar-refractivity contribution in [2.24, 2.45) is 10.3 Å². The molecule has 0 aliphatic carbocycles. The third-order valence-electron chi connectivity index (χ3n) is 5.68. The van der Waals surface area contributed by atoms with Gasteiger partial charge in [-0.15, -0.1) is 0 Å². The van der Waals surface area contributed by atoms with Gasteiger partial charge in [0, 0.05) is 5.56 Å². The van der Waals surface area contributed by atoms with Crippen LogP contribution in [0.15, 0.2) is 57.3 Å². The third kappa shape index (κ3) is 3.18. The highest BCUT2D eigenvalue weighted by atomic mass is 16.5. The minimum atomic E-state index is -0.867. The average Bonchev–Trinajstić information content (AvgIpc) is 3.44. The Hall–Kier alpha value is -3.88. The van der Waals surface area contributed by atoms with Crippen molar-refractivity contribution in [3.8, 4) is 11.4 Å². The van der Waals surface area contributed by atoms with E-state index in [9.17, 15) is 9.59 Å². The van der Waals surface area contributed by atoms with Crippen LogP contribution in [0.25, 0.3) is 11.4 Å². The Balaban J connectivity index is 1.36. The van der Waals surface area contributed by atoms with Crippen LogP contribution in [0.3, 0.4) is 0 Å². The molecule has 9 nitrogen and oxygen atoms in total. The van der Waals surface area contributed by atoms with Gasteiger partial charge in [0.05, 0.1) is 5.69 Å². The standard InChI is InChI=1S/C22H20N6O3/c1-12-4-7-15(8-5-12)20-23-17(31-25-20)11-27-19-18(24-26-27)21(29)28(22(19)30)16-9-6-13(2)14(3)10-16/h4-10,18-19H,11H2,1-3H3/t18-,19+/m1/s1. The Morgan fingerprint density at radius 1 is 0.968 bits per heavy atom. The Morgan fingerprint density at radius 2 is 1.74 bits per heavy atom. The zero-order valence-corrected chi connectivity index (χ0v) is 17.3. The predicted molar refractivity (Wildman–Crippen MR) is 111 cm³/mol. The number of carbonyl (C=O) groups is 2. The van der Waals surface area contributed by atoms with E-state index >= 15 is 0 Å². The first-order chi connectivity index (χ1) is 14.9. The smallest absolute Gasteiger partial charge is 0.263 e. The van der Waals surface area contributed by atoms with E-state index in [1.54, 1.807) is 6.07 Å². The number of aromatic nitrogens is 2. The Morgan fingerprint density at radius 3 is 2.48 bits per heavy atom. The fourth-order valence-corrected chi connectivity index (χ4v) is 3.75. The normalized spacial score (nSPS) is 20.1. The SMILES string of the molecule is Cc1ccc(-c2noc(CN3N=N[C@H]4C(=O)N(c5ccc(C)c(C)c5)C(=O)[C@H]43)n2)cc1. The molecule has 3 aromatic rings. The van der Waals surface area contributed by atoms with Crippen LogP contribution in [0.5, 0.6) is 0 Å². The molecule has 0 N–H and O–H groups in total. The number of aryl methyl sites for hydroxylation is 3. The Bertz CT molecular complexity index is 1220. The molecule has 0 saturated carbocycles. The maximum absolute atomic E-state index is 13.1. The number of hydrogen-bond donors (Lipinski definition) is 0. The summed E-state index contributed by atoms with van der Waals surface area (Å²) in [6, 6.07) is 11.6. The van der Waals surface area contributed by atoms with E-state index in [1.165, 1.54) is 9.91 Å². The summed E-state index contributed by atoms with van der Waals surface area (Å²) in [5.74, 6) is 0.00484. The first-order valence-electron chi connectivity index (χ1n) is 9.94. The molecule has 0 spiro atoms. The van der Waals surface area contributed by atoms with Gasteiger partial charge in [0.1, 0.15) is 6.54 Å². The Labute approximate surface area is 178 Å². The molecule has 0 unspecified atom stereocenters. The van der Waals surface area contributed by atoms with E-state index in [4.69, 9.17) is 4.52 Å². The van der Waals surface area contributed by atoms with Gasteiger partial charge in [0.15, 0.2) is 12.1 Å². The maximum atomic E-state index is 13.1. The summed E-state index contributed by atoms with van der Waals surface area (Å²) >= 11 is 0. The number of fused-ring (bicyclic) bond motifs is 1. The zero-order chi connectivity index (χ0) is 21.7. The van der Waals surface area contributed by atoms with E-state index in [2.05, 4.69) is 20.5 Å². The lowest BCUT2D eigenvalue weighted by Crippen LogP contribution is -2.39. The molecule has 2 amide bonds. The van der Waals surface area contributed by atoms with Crippen molar-refractivity contribution >= 4 is 17.5 Å². The summed E-state index contributed by atoms with van der Waals surface area (Å²) in [5.41, 5.74) is 4.60. The second-order valence-corrected chi connectivity index (χ2v) is 7.85. The van der Waals surface area contributed by atoms with Gasteiger partial charge in [0.2, 0.25) is 11.7 Å². The van der Waals surface area contributed by atoms with Gasteiger partial charge in [-0.05, 0) is 44.0 Å². The summed E-state index contributed by atoms with van der Waals surface area (Å²) in [4.78, 5) is 31.6. The van der Waals surface area contributed by atoms with E-state index < -0.39 is 12.1 Å². The second kappa shape index (κ2) is 7.12. The number of carbonyl (C=O) groups excluding carboxylic acids is 2. The highest BCUT2D eigenvalue weighted by Gasteiger charge is 2.55. The number of anilines is 1. The van der Waals surface area contributed by atoms with Crippen molar-refractivity contribution < 1.29 is 14.1 Å². The summed E-state index contributed by atoms with van der Waals surface area (Å²) in [5, 5.41) is 13.5. The van der Waals surface area contributed by atoms with Gasteiger partial charge < -0.3 is 4.52 Å². The molecule has 1 saturated heterocycles. The minimum Gasteiger partial charge on any atom is -0.337 e. The number of imide groups is 1. The lowest BCUT2D eigenvalue weighted by molar-refractivity contribution is -0.123. The summed E-state index contributed by atoms with van der Waals surface area (Å²) < 4.78 is 5.35. The summed E-state index contributed by atoms with van der Waals surface area (Å²) in [6.45, 7) is 6.01. The van der Waals surface area contributed by atoms with Crippen molar-refractivity contribution in [1.29, 1.82) is 0 Å². The number of hydrogen-bond acceptors (Lipinski definition) is 8. The molecule has 2 atom stereocenters. The fourth-order valence-electron chi connectivity index (χ4n) is 3.75. The molecule has 2 aliphatic rings. The van der Waals surface area contributed by atoms with Crippen LogP contribution >= 0.6 is 0 Å². The maximum Gasteiger partial charge on any atom is 0.263 e. The van der Waals surface area contributed by atoms with Crippen molar-refractivity contribution in [3.63, 3.8) is 0 Å². The van der Waals surface area contributed by atoms with Crippen LogP contribution in [0, 0.1) is 20.8 Å². The van der Waals surface area contributed by atoms with Gasteiger partial charge in [-0.1, -0.05) is 46.3 Å². The van der Waals surface area contributed by atoms with Crippen molar-refractivity contribution in [2.45, 2.75) is 39.4 Å². The molecule has 0 bridgehead atoms. The largest absolute Gasteiger partial charge is 0.337 e. The van der Waals surface area contributed by atoms with Gasteiger partial charge in [-0.3, -0.25) is 14.6 Å². The van der Waals surface area contributed by atoms with Gasteiger partial charge in [-0.2, -0.15) is 10.1 Å². The minimum absolute atomic E-state index is 0.0866. The quantitative estimate of drug-likeness (QED) is 0.605. The molecule has 2 aromatic carbocycles. The number of benzene rings is 2. The summed E-state index contributed by atoms with van der Waals surface area (Å²) in [7, 11) is 0.